The van der Waals surface area contributed by atoms with Gasteiger partial charge in [0.15, 0.2) is 14.6 Å². The summed E-state index contributed by atoms with van der Waals surface area (Å²) in [5.74, 6) is -0.424. The molecule has 1 amide bonds. The monoisotopic (exact) mass is 395 g/mol. The lowest BCUT2D eigenvalue weighted by Gasteiger charge is -2.34. The molecule has 3 rings (SSSR count). The number of hydrogen-bond donors (Lipinski definition) is 2. The van der Waals surface area contributed by atoms with E-state index in [9.17, 15) is 13.2 Å². The van der Waals surface area contributed by atoms with E-state index in [1.807, 2.05) is 24.3 Å². The van der Waals surface area contributed by atoms with Gasteiger partial charge in [0.25, 0.3) is 0 Å². The topological polar surface area (TPSA) is 87.7 Å². The van der Waals surface area contributed by atoms with Gasteiger partial charge < -0.3 is 15.4 Å². The molecule has 0 spiro atoms. The van der Waals surface area contributed by atoms with Gasteiger partial charge in [-0.15, -0.1) is 0 Å². The summed E-state index contributed by atoms with van der Waals surface area (Å²) in [5, 5.41) is 5.94. The molecule has 2 N–H and O–H groups in total. The van der Waals surface area contributed by atoms with Crippen molar-refractivity contribution in [2.45, 2.75) is 24.0 Å². The Bertz CT molecular complexity index is 737. The number of hydrogen-bond acceptors (Lipinski definition) is 6. The third-order valence-corrected chi connectivity index (χ3v) is 7.58. The number of sulfone groups is 1. The Kier molecular flexibility index (Phi) is 6.52. The van der Waals surface area contributed by atoms with Crippen LogP contribution in [0.2, 0.25) is 0 Å². The van der Waals surface area contributed by atoms with Gasteiger partial charge in [-0.1, -0.05) is 12.1 Å². The van der Waals surface area contributed by atoms with Crippen molar-refractivity contribution in [3.63, 3.8) is 0 Å². The molecule has 0 unspecified atom stereocenters. The fraction of sp³-hybridized carbons (Fsp3) is 0.632. The molecule has 2 heterocycles. The fourth-order valence-corrected chi connectivity index (χ4v) is 5.04. The number of carbonyl (C=O) groups is 1. The Morgan fingerprint density at radius 1 is 1.19 bits per heavy atom. The molecule has 1 aromatic rings. The molecule has 2 aliphatic rings. The van der Waals surface area contributed by atoms with E-state index in [0.29, 0.717) is 31.6 Å². The van der Waals surface area contributed by atoms with E-state index in [4.69, 9.17) is 4.74 Å². The predicted molar refractivity (Wildman–Crippen MR) is 106 cm³/mol. The van der Waals surface area contributed by atoms with Crippen molar-refractivity contribution >= 4 is 21.4 Å². The molecule has 0 aromatic heterocycles. The van der Waals surface area contributed by atoms with Gasteiger partial charge in [-0.3, -0.25) is 9.69 Å². The van der Waals surface area contributed by atoms with E-state index in [2.05, 4.69) is 15.5 Å². The maximum absolute atomic E-state index is 12.8. The average Bonchev–Trinajstić information content (AvgIpc) is 2.68. The molecule has 27 heavy (non-hydrogen) atoms. The summed E-state index contributed by atoms with van der Waals surface area (Å²) in [7, 11) is -3.50. The molecule has 0 atom stereocenters. The van der Waals surface area contributed by atoms with Crippen LogP contribution in [0.4, 0.5) is 5.69 Å². The van der Waals surface area contributed by atoms with Crippen molar-refractivity contribution in [1.29, 1.82) is 0 Å². The third-order valence-electron chi connectivity index (χ3n) is 5.57. The van der Waals surface area contributed by atoms with Crippen molar-refractivity contribution in [2.24, 2.45) is 0 Å². The Hall–Kier alpha value is -1.48. The number of nitrogens with zero attached hydrogens (tertiary/aromatic N) is 1. The van der Waals surface area contributed by atoms with Crippen LogP contribution in [0.25, 0.3) is 0 Å². The van der Waals surface area contributed by atoms with Gasteiger partial charge in [-0.05, 0) is 50.0 Å². The highest BCUT2D eigenvalue weighted by molar-refractivity contribution is 7.92. The summed E-state index contributed by atoms with van der Waals surface area (Å²) in [5.41, 5.74) is 1.83. The van der Waals surface area contributed by atoms with Crippen LogP contribution >= 0.6 is 0 Å². The lowest BCUT2D eigenvalue weighted by molar-refractivity contribution is -0.119. The molecule has 7 nitrogen and oxygen atoms in total. The minimum atomic E-state index is -3.50. The van der Waals surface area contributed by atoms with E-state index in [1.54, 1.807) is 0 Å². The maximum atomic E-state index is 12.8. The number of nitrogens with one attached hydrogen (secondary N) is 2. The Morgan fingerprint density at radius 2 is 1.81 bits per heavy atom. The molecule has 0 aliphatic carbocycles. The lowest BCUT2D eigenvalue weighted by atomic mass is 9.95. The van der Waals surface area contributed by atoms with Crippen LogP contribution in [0.15, 0.2) is 24.3 Å². The number of ether oxygens (including phenoxy) is 1. The standard InChI is InChI=1S/C19H29N3O4S/c1-27(24,25)19(7-9-20-10-8-19)18(23)21-17-4-2-16(3-5-17)6-11-22-12-14-26-15-13-22/h2-5,20H,6-15H2,1H3,(H,21,23). The highest BCUT2D eigenvalue weighted by Crippen LogP contribution is 2.29. The number of rotatable bonds is 6. The summed E-state index contributed by atoms with van der Waals surface area (Å²) in [6, 6.07) is 7.68. The van der Waals surface area contributed by atoms with Crippen molar-refractivity contribution in [2.75, 3.05) is 57.5 Å². The van der Waals surface area contributed by atoms with Crippen LogP contribution in [-0.2, 0) is 25.8 Å². The van der Waals surface area contributed by atoms with Crippen molar-refractivity contribution in [3.05, 3.63) is 29.8 Å². The number of carbonyl (C=O) groups excluding carboxylic acids is 1. The van der Waals surface area contributed by atoms with Gasteiger partial charge in [-0.2, -0.15) is 0 Å². The predicted octanol–water partition coefficient (Wildman–Crippen LogP) is 0.667. The second kappa shape index (κ2) is 8.68. The van der Waals surface area contributed by atoms with Crippen molar-refractivity contribution in [1.82, 2.24) is 10.2 Å². The highest BCUT2D eigenvalue weighted by Gasteiger charge is 2.48. The molecule has 2 saturated heterocycles. The molecule has 0 radical (unpaired) electrons. The zero-order valence-corrected chi connectivity index (χ0v) is 16.7. The van der Waals surface area contributed by atoms with E-state index in [1.165, 1.54) is 5.56 Å². The largest absolute Gasteiger partial charge is 0.379 e. The van der Waals surface area contributed by atoms with Crippen LogP contribution in [0.1, 0.15) is 18.4 Å². The Morgan fingerprint density at radius 3 is 2.41 bits per heavy atom. The second-order valence-corrected chi connectivity index (χ2v) is 9.70. The molecular formula is C19H29N3O4S. The van der Waals surface area contributed by atoms with Crippen LogP contribution in [0.5, 0.6) is 0 Å². The minimum Gasteiger partial charge on any atom is -0.379 e. The highest BCUT2D eigenvalue weighted by atomic mass is 32.2. The molecule has 150 valence electrons. The lowest BCUT2D eigenvalue weighted by Crippen LogP contribution is -2.55. The number of benzene rings is 1. The van der Waals surface area contributed by atoms with Crippen molar-refractivity contribution in [3.8, 4) is 0 Å². The van der Waals surface area contributed by atoms with Crippen LogP contribution in [0.3, 0.4) is 0 Å². The van der Waals surface area contributed by atoms with Gasteiger partial charge in [0.1, 0.15) is 0 Å². The first-order chi connectivity index (χ1) is 12.9. The number of morpholine rings is 1. The van der Waals surface area contributed by atoms with E-state index in [0.717, 1.165) is 45.5 Å². The number of anilines is 1. The second-order valence-electron chi connectivity index (χ2n) is 7.37. The number of amides is 1. The molecular weight excluding hydrogens is 366 g/mol. The van der Waals surface area contributed by atoms with Gasteiger partial charge in [0.2, 0.25) is 5.91 Å². The Balaban J connectivity index is 1.60. The molecule has 0 saturated carbocycles. The summed E-state index contributed by atoms with van der Waals surface area (Å²) < 4.78 is 28.7. The summed E-state index contributed by atoms with van der Waals surface area (Å²) in [6.45, 7) is 5.57. The SMILES string of the molecule is CS(=O)(=O)C1(C(=O)Nc2ccc(CCN3CCOCC3)cc2)CCNCC1. The number of piperidine rings is 1. The van der Waals surface area contributed by atoms with Gasteiger partial charge in [0.05, 0.1) is 13.2 Å². The molecule has 8 heteroatoms. The Labute approximate surface area is 161 Å². The summed E-state index contributed by atoms with van der Waals surface area (Å²) in [6.07, 6.45) is 2.70. The zero-order valence-electron chi connectivity index (χ0n) is 15.9. The van der Waals surface area contributed by atoms with Gasteiger partial charge in [0, 0.05) is 31.6 Å². The van der Waals surface area contributed by atoms with Crippen LogP contribution < -0.4 is 10.6 Å². The van der Waals surface area contributed by atoms with Gasteiger partial charge in [-0.25, -0.2) is 8.42 Å². The molecule has 0 bridgehead atoms. The minimum absolute atomic E-state index is 0.301. The quantitative estimate of drug-likeness (QED) is 0.736. The normalized spacial score (nSPS) is 20.9. The molecule has 2 aliphatic heterocycles. The van der Waals surface area contributed by atoms with E-state index >= 15 is 0 Å². The third kappa shape index (κ3) is 4.87. The molecule has 1 aromatic carbocycles. The first-order valence-corrected chi connectivity index (χ1v) is 11.4. The first kappa shape index (κ1) is 20.3. The van der Waals surface area contributed by atoms with E-state index in [-0.39, 0.29) is 0 Å². The summed E-state index contributed by atoms with van der Waals surface area (Å²) >= 11 is 0. The van der Waals surface area contributed by atoms with Crippen molar-refractivity contribution < 1.29 is 17.9 Å². The fourth-order valence-electron chi connectivity index (χ4n) is 3.71. The molecule has 2 fully saturated rings. The maximum Gasteiger partial charge on any atom is 0.245 e. The van der Waals surface area contributed by atoms with Crippen LogP contribution in [0, 0.1) is 0 Å². The zero-order chi connectivity index (χ0) is 19.3. The van der Waals surface area contributed by atoms with E-state index < -0.39 is 20.5 Å². The van der Waals surface area contributed by atoms with Crippen LogP contribution in [-0.4, -0.2) is 76.2 Å². The first-order valence-electron chi connectivity index (χ1n) is 9.51. The summed E-state index contributed by atoms with van der Waals surface area (Å²) in [4.78, 5) is 15.2. The van der Waals surface area contributed by atoms with Gasteiger partial charge >= 0.3 is 0 Å². The smallest absolute Gasteiger partial charge is 0.245 e. The average molecular weight is 396 g/mol.